The molecule has 1 aliphatic carbocycles. The minimum Gasteiger partial charge on any atom is -0.329 e. The lowest BCUT2D eigenvalue weighted by molar-refractivity contribution is 0.294. The highest BCUT2D eigenvalue weighted by Gasteiger charge is 2.27. The first-order valence-electron chi connectivity index (χ1n) is 7.42. The van der Waals surface area contributed by atoms with E-state index in [4.69, 9.17) is 5.73 Å². The van der Waals surface area contributed by atoms with Crippen molar-refractivity contribution in [3.05, 3.63) is 29.6 Å². The molecule has 0 radical (unpaired) electrons. The molecule has 0 aliphatic heterocycles. The summed E-state index contributed by atoms with van der Waals surface area (Å²) in [7, 11) is -3.73. The average Bonchev–Trinajstić information content (AvgIpc) is 2.48. The number of sulfonamides is 1. The number of halogens is 1. The van der Waals surface area contributed by atoms with Gasteiger partial charge in [-0.25, -0.2) is 17.5 Å². The molecule has 118 valence electrons. The van der Waals surface area contributed by atoms with Gasteiger partial charge >= 0.3 is 0 Å². The lowest BCUT2D eigenvalue weighted by Gasteiger charge is -2.29. The van der Waals surface area contributed by atoms with E-state index in [2.05, 4.69) is 4.72 Å². The van der Waals surface area contributed by atoms with Crippen molar-refractivity contribution in [2.45, 2.75) is 50.0 Å². The number of aryl methyl sites for hydroxylation is 1. The molecule has 4 nitrogen and oxygen atoms in total. The summed E-state index contributed by atoms with van der Waals surface area (Å²) in [5, 5.41) is 0. The maximum atomic E-state index is 13.6. The van der Waals surface area contributed by atoms with E-state index in [0.29, 0.717) is 5.56 Å². The zero-order valence-electron chi connectivity index (χ0n) is 12.3. The number of nitrogens with one attached hydrogen (secondary N) is 1. The minimum absolute atomic E-state index is 0.0418. The van der Waals surface area contributed by atoms with Crippen LogP contribution in [0.3, 0.4) is 0 Å². The van der Waals surface area contributed by atoms with Gasteiger partial charge in [0.1, 0.15) is 5.82 Å². The van der Waals surface area contributed by atoms with Crippen molar-refractivity contribution in [3.8, 4) is 0 Å². The zero-order valence-corrected chi connectivity index (χ0v) is 13.1. The zero-order chi connectivity index (χ0) is 15.5. The molecule has 0 bridgehead atoms. The predicted molar refractivity (Wildman–Crippen MR) is 80.9 cm³/mol. The summed E-state index contributed by atoms with van der Waals surface area (Å²) in [5.74, 6) is -0.242. The van der Waals surface area contributed by atoms with Crippen LogP contribution in [0.1, 0.15) is 37.7 Å². The van der Waals surface area contributed by atoms with Crippen molar-refractivity contribution in [1.29, 1.82) is 0 Å². The van der Waals surface area contributed by atoms with Crippen molar-refractivity contribution < 1.29 is 12.8 Å². The Hall–Kier alpha value is -0.980. The van der Waals surface area contributed by atoms with E-state index in [1.165, 1.54) is 18.6 Å². The largest absolute Gasteiger partial charge is 0.329 e. The molecule has 0 spiro atoms. The molecule has 1 aromatic rings. The maximum absolute atomic E-state index is 13.6. The summed E-state index contributed by atoms with van der Waals surface area (Å²) < 4.78 is 41.0. The molecule has 0 amide bonds. The van der Waals surface area contributed by atoms with Gasteiger partial charge in [-0.15, -0.1) is 0 Å². The van der Waals surface area contributed by atoms with E-state index in [1.54, 1.807) is 6.92 Å². The van der Waals surface area contributed by atoms with Crippen LogP contribution in [0.25, 0.3) is 0 Å². The average molecular weight is 314 g/mol. The van der Waals surface area contributed by atoms with Crippen LogP contribution in [-0.4, -0.2) is 21.0 Å². The van der Waals surface area contributed by atoms with Gasteiger partial charge in [-0.3, -0.25) is 0 Å². The fraction of sp³-hybridized carbons (Fsp3) is 0.600. The molecule has 0 heterocycles. The molecule has 3 N–H and O–H groups in total. The molecule has 6 heteroatoms. The molecule has 1 unspecified atom stereocenters. The van der Waals surface area contributed by atoms with E-state index in [1.807, 2.05) is 0 Å². The summed E-state index contributed by atoms with van der Waals surface area (Å²) in [6.45, 7) is 1.86. The van der Waals surface area contributed by atoms with E-state index in [0.717, 1.165) is 31.7 Å². The van der Waals surface area contributed by atoms with E-state index >= 15 is 0 Å². The highest BCUT2D eigenvalue weighted by molar-refractivity contribution is 7.89. The Morgan fingerprint density at radius 1 is 1.33 bits per heavy atom. The number of rotatable bonds is 5. The second-order valence-corrected chi connectivity index (χ2v) is 7.49. The van der Waals surface area contributed by atoms with Crippen LogP contribution in [0, 0.1) is 18.7 Å². The summed E-state index contributed by atoms with van der Waals surface area (Å²) >= 11 is 0. The third-order valence-electron chi connectivity index (χ3n) is 4.23. The van der Waals surface area contributed by atoms with Crippen LogP contribution < -0.4 is 10.5 Å². The van der Waals surface area contributed by atoms with Gasteiger partial charge in [-0.1, -0.05) is 25.3 Å². The first-order chi connectivity index (χ1) is 9.94. The van der Waals surface area contributed by atoms with Crippen molar-refractivity contribution in [1.82, 2.24) is 4.72 Å². The topological polar surface area (TPSA) is 72.2 Å². The molecule has 1 fully saturated rings. The lowest BCUT2D eigenvalue weighted by Crippen LogP contribution is -2.45. The van der Waals surface area contributed by atoms with Gasteiger partial charge in [0, 0.05) is 12.6 Å². The third kappa shape index (κ3) is 4.02. The van der Waals surface area contributed by atoms with Crippen LogP contribution in [0.4, 0.5) is 4.39 Å². The van der Waals surface area contributed by atoms with Crippen molar-refractivity contribution in [2.24, 2.45) is 11.7 Å². The van der Waals surface area contributed by atoms with Crippen LogP contribution in [0.5, 0.6) is 0 Å². The van der Waals surface area contributed by atoms with Gasteiger partial charge in [-0.05, 0) is 43.4 Å². The van der Waals surface area contributed by atoms with Crippen LogP contribution in [0.2, 0.25) is 0 Å². The van der Waals surface area contributed by atoms with Crippen molar-refractivity contribution >= 4 is 10.0 Å². The van der Waals surface area contributed by atoms with Gasteiger partial charge < -0.3 is 5.73 Å². The number of benzene rings is 1. The third-order valence-corrected chi connectivity index (χ3v) is 5.72. The monoisotopic (exact) mass is 314 g/mol. The highest BCUT2D eigenvalue weighted by Crippen LogP contribution is 2.27. The standard InChI is InChI=1S/C15H23FN2O2S/c1-11-7-8-13(9-14(11)16)21(19,20)18-15(10-17)12-5-3-2-4-6-12/h7-9,12,15,18H,2-6,10,17H2,1H3. The molecule has 1 atom stereocenters. The summed E-state index contributed by atoms with van der Waals surface area (Å²) in [4.78, 5) is -0.0418. The molecule has 0 aromatic heterocycles. The quantitative estimate of drug-likeness (QED) is 0.876. The molecular weight excluding hydrogens is 291 g/mol. The highest BCUT2D eigenvalue weighted by atomic mass is 32.2. The van der Waals surface area contributed by atoms with E-state index < -0.39 is 15.8 Å². The van der Waals surface area contributed by atoms with Gasteiger partial charge in [0.25, 0.3) is 0 Å². The molecule has 1 aromatic carbocycles. The van der Waals surface area contributed by atoms with Gasteiger partial charge in [0.05, 0.1) is 4.90 Å². The number of nitrogens with two attached hydrogens (primary N) is 1. The van der Waals surface area contributed by atoms with Crippen molar-refractivity contribution in [2.75, 3.05) is 6.54 Å². The molecule has 2 rings (SSSR count). The smallest absolute Gasteiger partial charge is 0.240 e. The van der Waals surface area contributed by atoms with Gasteiger partial charge in [-0.2, -0.15) is 0 Å². The molecule has 0 saturated heterocycles. The Morgan fingerprint density at radius 3 is 2.57 bits per heavy atom. The van der Waals surface area contributed by atoms with Gasteiger partial charge in [0.2, 0.25) is 10.0 Å². The second-order valence-electron chi connectivity index (χ2n) is 5.77. The van der Waals surface area contributed by atoms with Crippen LogP contribution in [-0.2, 0) is 10.0 Å². The Kier molecular flexibility index (Phi) is 5.35. The first-order valence-corrected chi connectivity index (χ1v) is 8.91. The number of hydrogen-bond acceptors (Lipinski definition) is 3. The SMILES string of the molecule is Cc1ccc(S(=O)(=O)NC(CN)C2CCCCC2)cc1F. The Bertz CT molecular complexity index is 583. The minimum atomic E-state index is -3.73. The fourth-order valence-electron chi connectivity index (χ4n) is 2.88. The maximum Gasteiger partial charge on any atom is 0.240 e. The molecular formula is C15H23FN2O2S. The normalized spacial score (nSPS) is 18.6. The van der Waals surface area contributed by atoms with Crippen molar-refractivity contribution in [3.63, 3.8) is 0 Å². The van der Waals surface area contributed by atoms with Crippen LogP contribution >= 0.6 is 0 Å². The molecule has 1 aliphatic rings. The molecule has 1 saturated carbocycles. The summed E-state index contributed by atoms with van der Waals surface area (Å²) in [6, 6.07) is 3.68. The predicted octanol–water partition coefficient (Wildman–Crippen LogP) is 2.32. The second kappa shape index (κ2) is 6.85. The number of hydrogen-bond donors (Lipinski definition) is 2. The summed E-state index contributed by atoms with van der Waals surface area (Å²) in [6.07, 6.45) is 5.41. The lowest BCUT2D eigenvalue weighted by atomic mass is 9.84. The Labute approximate surface area is 126 Å². The molecule has 21 heavy (non-hydrogen) atoms. The van der Waals surface area contributed by atoms with E-state index in [-0.39, 0.29) is 23.4 Å². The fourth-order valence-corrected chi connectivity index (χ4v) is 4.21. The van der Waals surface area contributed by atoms with Gasteiger partial charge in [0.15, 0.2) is 0 Å². The van der Waals surface area contributed by atoms with Crippen LogP contribution in [0.15, 0.2) is 23.1 Å². The Balaban J connectivity index is 2.16. The van der Waals surface area contributed by atoms with E-state index in [9.17, 15) is 12.8 Å². The summed E-state index contributed by atoms with van der Waals surface area (Å²) in [5.41, 5.74) is 6.17. The first kappa shape index (κ1) is 16.4. The Morgan fingerprint density at radius 2 is 2.00 bits per heavy atom.